The Balaban J connectivity index is 3.04. The second kappa shape index (κ2) is 7.29. The summed E-state index contributed by atoms with van der Waals surface area (Å²) in [6, 6.07) is 0. The third-order valence-corrected chi connectivity index (χ3v) is 5.70. The van der Waals surface area contributed by atoms with E-state index in [4.69, 9.17) is 3.32 Å². The molecule has 0 saturated carbocycles. The molecule has 0 rings (SSSR count). The Bertz CT molecular complexity index is 83.5. The molecule has 0 aromatic heterocycles. The Labute approximate surface area is 97.3 Å². The third-order valence-electron chi connectivity index (χ3n) is 1.01. The van der Waals surface area contributed by atoms with Crippen LogP contribution in [0.25, 0.3) is 0 Å². The fraction of sp³-hybridized carbons (Fsp3) is 1.00. The first-order chi connectivity index (χ1) is 4.56. The molecule has 5 heteroatoms. The van der Waals surface area contributed by atoms with Gasteiger partial charge in [-0.2, -0.15) is 0 Å². The summed E-state index contributed by atoms with van der Waals surface area (Å²) in [7, 11) is 0. The molecule has 0 spiro atoms. The molecule has 0 aliphatic carbocycles. The SMILES string of the molecule is CCCCC[O][Ti]([I])([I])[I]. The molecule has 0 heterocycles. The maximum atomic E-state index is 5.68. The molecule has 0 atom stereocenters. The fourth-order valence-electron chi connectivity index (χ4n) is 0.540. The molecule has 0 N–H and O–H groups in total. The van der Waals surface area contributed by atoms with E-state index in [0.717, 1.165) is 6.61 Å². The first-order valence-corrected chi connectivity index (χ1v) is 19.0. The van der Waals surface area contributed by atoms with Crippen LogP contribution in [0.4, 0.5) is 0 Å². The van der Waals surface area contributed by atoms with E-state index in [1.165, 1.54) is 19.3 Å². The summed E-state index contributed by atoms with van der Waals surface area (Å²) in [5.74, 6) is 0. The summed E-state index contributed by atoms with van der Waals surface area (Å²) < 4.78 is 5.68. The summed E-state index contributed by atoms with van der Waals surface area (Å²) in [6.45, 7) is 3.19. The van der Waals surface area contributed by atoms with Crippen molar-refractivity contribution < 1.29 is 9.05 Å². The van der Waals surface area contributed by atoms with Crippen LogP contribution >= 0.6 is 57.6 Å². The Hall–Kier alpha value is 2.86. The molecule has 0 unspecified atom stereocenters. The van der Waals surface area contributed by atoms with Crippen molar-refractivity contribution in [3.63, 3.8) is 0 Å². The first-order valence-electron chi connectivity index (χ1n) is 3.27. The summed E-state index contributed by atoms with van der Waals surface area (Å²) in [5, 5.41) is 0. The zero-order valence-corrected chi connectivity index (χ0v) is 13.9. The molecule has 0 aliphatic heterocycles. The Morgan fingerprint density at radius 1 is 1.20 bits per heavy atom. The molecule has 0 aliphatic rings. The van der Waals surface area contributed by atoms with Gasteiger partial charge in [-0.15, -0.1) is 0 Å². The molecule has 0 fully saturated rings. The van der Waals surface area contributed by atoms with Gasteiger partial charge in [-0.25, -0.2) is 0 Å². The van der Waals surface area contributed by atoms with Crippen molar-refractivity contribution in [3.05, 3.63) is 0 Å². The van der Waals surface area contributed by atoms with Crippen molar-refractivity contribution in [2.24, 2.45) is 0 Å². The Kier molecular flexibility index (Phi) is 9.37. The van der Waals surface area contributed by atoms with Gasteiger partial charge in [0.1, 0.15) is 0 Å². The minimum atomic E-state index is -1.74. The molecule has 62 valence electrons. The minimum absolute atomic E-state index is 0.975. The number of rotatable bonds is 5. The van der Waals surface area contributed by atoms with E-state index < -0.39 is 5.73 Å². The standard InChI is InChI=1S/C5H11O.3HI.Ti/c1-2-3-4-5-6;;;;/h2-5H2,1H3;3*1H;/q-1;;;;+4/p-3. The van der Waals surface area contributed by atoms with Crippen molar-refractivity contribution in [1.29, 1.82) is 0 Å². The maximum absolute atomic E-state index is 5.68. The molecule has 10 heavy (non-hydrogen) atoms. The topological polar surface area (TPSA) is 9.23 Å². The quantitative estimate of drug-likeness (QED) is 0.301. The van der Waals surface area contributed by atoms with Crippen LogP contribution in [0.1, 0.15) is 26.2 Å². The van der Waals surface area contributed by atoms with Crippen LogP contribution in [0.15, 0.2) is 0 Å². The van der Waals surface area contributed by atoms with Crippen molar-refractivity contribution in [3.8, 4) is 0 Å². The molecule has 0 amide bonds. The van der Waals surface area contributed by atoms with E-state index in [2.05, 4.69) is 64.5 Å². The van der Waals surface area contributed by atoms with Gasteiger partial charge in [-0.3, -0.25) is 0 Å². The average molecular weight is 516 g/mol. The normalized spacial score (nSPS) is 12.0. The van der Waals surface area contributed by atoms with Crippen molar-refractivity contribution in [2.45, 2.75) is 26.2 Å². The average Bonchev–Trinajstić information content (AvgIpc) is 1.78. The van der Waals surface area contributed by atoms with Gasteiger partial charge in [-0.05, 0) is 0 Å². The summed E-state index contributed by atoms with van der Waals surface area (Å²) in [4.78, 5) is 0. The second-order valence-electron chi connectivity index (χ2n) is 2.00. The monoisotopic (exact) mass is 516 g/mol. The van der Waals surface area contributed by atoms with Gasteiger partial charge in [0.05, 0.1) is 0 Å². The number of halogens is 3. The van der Waals surface area contributed by atoms with E-state index in [1.54, 1.807) is 0 Å². The Morgan fingerprint density at radius 2 is 1.80 bits per heavy atom. The zero-order chi connectivity index (χ0) is 8.04. The van der Waals surface area contributed by atoms with Gasteiger partial charge < -0.3 is 0 Å². The molecular weight excluding hydrogens is 505 g/mol. The Morgan fingerprint density at radius 3 is 2.20 bits per heavy atom. The molecular formula is C5H11I3OTi. The van der Waals surface area contributed by atoms with Gasteiger partial charge in [0.25, 0.3) is 0 Å². The predicted molar refractivity (Wildman–Crippen MR) is 67.5 cm³/mol. The van der Waals surface area contributed by atoms with E-state index in [9.17, 15) is 0 Å². The van der Waals surface area contributed by atoms with Crippen LogP contribution in [0.5, 0.6) is 0 Å². The molecule has 0 aromatic rings. The predicted octanol–water partition coefficient (Wildman–Crippen LogP) is 4.31. The van der Waals surface area contributed by atoms with E-state index >= 15 is 0 Å². The summed E-state index contributed by atoms with van der Waals surface area (Å²) in [6.07, 6.45) is 3.83. The third kappa shape index (κ3) is 10.9. The van der Waals surface area contributed by atoms with Gasteiger partial charge in [0.2, 0.25) is 0 Å². The fourth-order valence-corrected chi connectivity index (χ4v) is 3.85. The van der Waals surface area contributed by atoms with Crippen molar-refractivity contribution in [2.75, 3.05) is 6.61 Å². The van der Waals surface area contributed by atoms with Crippen molar-refractivity contribution in [1.82, 2.24) is 0 Å². The molecule has 0 bridgehead atoms. The van der Waals surface area contributed by atoms with Crippen LogP contribution in [0, 0.1) is 0 Å². The number of hydrogen-bond acceptors (Lipinski definition) is 1. The van der Waals surface area contributed by atoms with Crippen molar-refractivity contribution >= 4 is 57.6 Å². The zero-order valence-electron chi connectivity index (χ0n) is 5.87. The first kappa shape index (κ1) is 12.9. The van der Waals surface area contributed by atoms with E-state index in [0.29, 0.717) is 0 Å². The van der Waals surface area contributed by atoms with Crippen LogP contribution in [0.3, 0.4) is 0 Å². The van der Waals surface area contributed by atoms with E-state index in [-0.39, 0.29) is 0 Å². The van der Waals surface area contributed by atoms with Crippen LogP contribution in [-0.2, 0) is 9.05 Å². The summed E-state index contributed by atoms with van der Waals surface area (Å²) >= 11 is 7.40. The van der Waals surface area contributed by atoms with Gasteiger partial charge in [-0.1, -0.05) is 0 Å². The molecule has 1 nitrogen and oxygen atoms in total. The number of unbranched alkanes of at least 4 members (excludes halogenated alkanes) is 2. The second-order valence-corrected chi connectivity index (χ2v) is 48.2. The van der Waals surface area contributed by atoms with E-state index in [1.807, 2.05) is 0 Å². The molecule has 0 saturated heterocycles. The molecule has 0 aromatic carbocycles. The molecule has 0 radical (unpaired) electrons. The van der Waals surface area contributed by atoms with Gasteiger partial charge in [0.15, 0.2) is 0 Å². The van der Waals surface area contributed by atoms with Crippen LogP contribution < -0.4 is 0 Å². The van der Waals surface area contributed by atoms with Gasteiger partial charge in [0, 0.05) is 0 Å². The van der Waals surface area contributed by atoms with Crippen LogP contribution in [-0.4, -0.2) is 6.61 Å². The van der Waals surface area contributed by atoms with Gasteiger partial charge >= 0.3 is 99.4 Å². The van der Waals surface area contributed by atoms with Crippen LogP contribution in [0.2, 0.25) is 0 Å². The number of hydrogen-bond donors (Lipinski definition) is 0. The summed E-state index contributed by atoms with van der Waals surface area (Å²) in [5.41, 5.74) is -1.74.